The first-order valence-corrected chi connectivity index (χ1v) is 7.65. The van der Waals surface area contributed by atoms with Crippen molar-refractivity contribution in [1.29, 1.82) is 0 Å². The fourth-order valence-electron chi connectivity index (χ4n) is 2.48. The van der Waals surface area contributed by atoms with Crippen LogP contribution in [-0.4, -0.2) is 23.9 Å². The zero-order chi connectivity index (χ0) is 19.6. The van der Waals surface area contributed by atoms with Crippen LogP contribution in [0.2, 0.25) is 0 Å². The molecule has 0 spiro atoms. The SMILES string of the molecule is C#Cc1ccc2c(c1)C(=O)OC2=O.CC#Cc1ccc2c(c1)C(=O)OC2=O. The maximum Gasteiger partial charge on any atom is 0.346 e. The molecule has 0 atom stereocenters. The third-order valence-corrected chi connectivity index (χ3v) is 3.73. The molecule has 0 unspecified atom stereocenters. The van der Waals surface area contributed by atoms with Crippen LogP contribution in [0.1, 0.15) is 59.5 Å². The number of benzene rings is 2. The van der Waals surface area contributed by atoms with Gasteiger partial charge in [-0.05, 0) is 43.3 Å². The second-order valence-corrected chi connectivity index (χ2v) is 5.39. The second-order valence-electron chi connectivity index (χ2n) is 5.39. The minimum atomic E-state index is -0.628. The van der Waals surface area contributed by atoms with Crippen LogP contribution in [0.25, 0.3) is 0 Å². The Morgan fingerprint density at radius 1 is 0.704 bits per heavy atom. The molecule has 2 aromatic carbocycles. The molecule has 130 valence electrons. The monoisotopic (exact) mass is 358 g/mol. The number of hydrogen-bond donors (Lipinski definition) is 0. The highest BCUT2D eigenvalue weighted by atomic mass is 16.6. The first kappa shape index (κ1) is 17.7. The van der Waals surface area contributed by atoms with Crippen molar-refractivity contribution in [3.05, 3.63) is 69.8 Å². The molecule has 2 aromatic rings. The van der Waals surface area contributed by atoms with Crippen LogP contribution in [-0.2, 0) is 9.47 Å². The average molecular weight is 358 g/mol. The summed E-state index contributed by atoms with van der Waals surface area (Å²) in [6.45, 7) is 1.71. The second kappa shape index (κ2) is 6.99. The Balaban J connectivity index is 0.000000156. The molecule has 0 saturated carbocycles. The van der Waals surface area contributed by atoms with E-state index in [1.54, 1.807) is 31.2 Å². The van der Waals surface area contributed by atoms with E-state index < -0.39 is 23.9 Å². The number of carbonyl (C=O) groups excluding carboxylic acids is 4. The van der Waals surface area contributed by atoms with Crippen LogP contribution in [0.15, 0.2) is 36.4 Å². The van der Waals surface area contributed by atoms with E-state index in [1.807, 2.05) is 0 Å². The van der Waals surface area contributed by atoms with Gasteiger partial charge in [0.2, 0.25) is 0 Å². The number of hydrogen-bond acceptors (Lipinski definition) is 6. The van der Waals surface area contributed by atoms with E-state index in [0.717, 1.165) is 0 Å². The van der Waals surface area contributed by atoms with Gasteiger partial charge in [0.1, 0.15) is 0 Å². The molecule has 6 nitrogen and oxygen atoms in total. The Hall–Kier alpha value is -4.16. The van der Waals surface area contributed by atoms with Crippen molar-refractivity contribution in [2.24, 2.45) is 0 Å². The van der Waals surface area contributed by atoms with E-state index in [9.17, 15) is 19.2 Å². The van der Waals surface area contributed by atoms with E-state index in [1.165, 1.54) is 12.1 Å². The molecule has 0 saturated heterocycles. The third-order valence-electron chi connectivity index (χ3n) is 3.73. The van der Waals surface area contributed by atoms with Gasteiger partial charge in [-0.1, -0.05) is 11.8 Å². The first-order chi connectivity index (χ1) is 12.9. The maximum atomic E-state index is 11.1. The smallest absolute Gasteiger partial charge is 0.346 e. The molecule has 0 aromatic heterocycles. The predicted octanol–water partition coefficient (Wildman–Crippen LogP) is 2.35. The molecule has 2 aliphatic heterocycles. The largest absolute Gasteiger partial charge is 0.386 e. The third kappa shape index (κ3) is 3.33. The van der Waals surface area contributed by atoms with Crippen LogP contribution >= 0.6 is 0 Å². The average Bonchev–Trinajstić information content (AvgIpc) is 3.11. The lowest BCUT2D eigenvalue weighted by molar-refractivity contribution is 0.0425. The Labute approximate surface area is 154 Å². The van der Waals surface area contributed by atoms with Crippen LogP contribution < -0.4 is 0 Å². The lowest BCUT2D eigenvalue weighted by Crippen LogP contribution is -1.96. The zero-order valence-corrected chi connectivity index (χ0v) is 14.0. The van der Waals surface area contributed by atoms with Gasteiger partial charge in [-0.25, -0.2) is 19.2 Å². The van der Waals surface area contributed by atoms with E-state index in [-0.39, 0.29) is 11.1 Å². The number of carbonyl (C=O) groups is 4. The van der Waals surface area contributed by atoms with E-state index in [4.69, 9.17) is 6.42 Å². The Bertz CT molecular complexity index is 1120. The van der Waals surface area contributed by atoms with Gasteiger partial charge in [0, 0.05) is 11.1 Å². The number of ether oxygens (including phenoxy) is 2. The number of rotatable bonds is 0. The summed E-state index contributed by atoms with van der Waals surface area (Å²) in [5.74, 6) is 5.48. The molecule has 0 radical (unpaired) electrons. The van der Waals surface area contributed by atoms with Crippen molar-refractivity contribution in [1.82, 2.24) is 0 Å². The van der Waals surface area contributed by atoms with Gasteiger partial charge in [0.15, 0.2) is 0 Å². The topological polar surface area (TPSA) is 86.7 Å². The fraction of sp³-hybridized carbons (Fsp3) is 0.0476. The van der Waals surface area contributed by atoms with Crippen LogP contribution in [0, 0.1) is 24.2 Å². The number of fused-ring (bicyclic) bond motifs is 2. The highest BCUT2D eigenvalue weighted by Crippen LogP contribution is 2.21. The standard InChI is InChI=1S/C11H6O3.C10H4O3/c1-2-3-7-4-5-8-9(6-7)11(13)14-10(8)12;1-2-6-3-4-7-8(5-6)10(12)13-9(7)11/h4-6H,1H3;1,3-5H. The summed E-state index contributed by atoms with van der Waals surface area (Å²) in [4.78, 5) is 44.2. The fourth-order valence-corrected chi connectivity index (χ4v) is 2.48. The van der Waals surface area contributed by atoms with Crippen molar-refractivity contribution in [3.63, 3.8) is 0 Å². The van der Waals surface area contributed by atoms with Crippen molar-refractivity contribution in [3.8, 4) is 24.2 Å². The van der Waals surface area contributed by atoms with Gasteiger partial charge in [-0.2, -0.15) is 0 Å². The van der Waals surface area contributed by atoms with Crippen LogP contribution in [0.3, 0.4) is 0 Å². The van der Waals surface area contributed by atoms with Crippen molar-refractivity contribution < 1.29 is 28.7 Å². The molecule has 6 heteroatoms. The molecule has 2 heterocycles. The maximum absolute atomic E-state index is 11.1. The summed E-state index contributed by atoms with van der Waals surface area (Å²) in [7, 11) is 0. The first-order valence-electron chi connectivity index (χ1n) is 7.65. The molecule has 27 heavy (non-hydrogen) atoms. The number of esters is 4. The van der Waals surface area contributed by atoms with E-state index in [0.29, 0.717) is 22.3 Å². The van der Waals surface area contributed by atoms with E-state index in [2.05, 4.69) is 27.2 Å². The minimum absolute atomic E-state index is 0.250. The summed E-state index contributed by atoms with van der Waals surface area (Å²) in [5, 5.41) is 0. The molecule has 2 aliphatic rings. The molecule has 0 bridgehead atoms. The van der Waals surface area contributed by atoms with Crippen molar-refractivity contribution in [2.75, 3.05) is 0 Å². The summed E-state index contributed by atoms with van der Waals surface area (Å²) >= 11 is 0. The Morgan fingerprint density at radius 3 is 1.63 bits per heavy atom. The lowest BCUT2D eigenvalue weighted by Gasteiger charge is -1.92. The summed E-state index contributed by atoms with van der Waals surface area (Å²) in [6, 6.07) is 9.38. The predicted molar refractivity (Wildman–Crippen MR) is 92.9 cm³/mol. The number of cyclic esters (lactones) is 4. The van der Waals surface area contributed by atoms with Gasteiger partial charge in [-0.3, -0.25) is 0 Å². The van der Waals surface area contributed by atoms with Gasteiger partial charge in [0.25, 0.3) is 0 Å². The molecular formula is C21H10O6. The Kier molecular flexibility index (Phi) is 4.57. The molecule has 4 rings (SSSR count). The van der Waals surface area contributed by atoms with Crippen molar-refractivity contribution in [2.45, 2.75) is 6.92 Å². The highest BCUT2D eigenvalue weighted by Gasteiger charge is 2.30. The van der Waals surface area contributed by atoms with Gasteiger partial charge >= 0.3 is 23.9 Å². The summed E-state index contributed by atoms with van der Waals surface area (Å²) in [6.07, 6.45) is 5.14. The quantitative estimate of drug-likeness (QED) is 0.408. The lowest BCUT2D eigenvalue weighted by atomic mass is 10.1. The molecule has 0 amide bonds. The minimum Gasteiger partial charge on any atom is -0.386 e. The van der Waals surface area contributed by atoms with E-state index >= 15 is 0 Å². The van der Waals surface area contributed by atoms with Gasteiger partial charge in [-0.15, -0.1) is 12.3 Å². The number of terminal acetylenes is 1. The van der Waals surface area contributed by atoms with Gasteiger partial charge in [0.05, 0.1) is 22.3 Å². The molecule has 0 N–H and O–H groups in total. The molecular weight excluding hydrogens is 348 g/mol. The van der Waals surface area contributed by atoms with Crippen LogP contribution in [0.5, 0.6) is 0 Å². The van der Waals surface area contributed by atoms with Crippen molar-refractivity contribution >= 4 is 23.9 Å². The summed E-state index contributed by atoms with van der Waals surface area (Å²) < 4.78 is 8.82. The Morgan fingerprint density at radius 2 is 1.15 bits per heavy atom. The van der Waals surface area contributed by atoms with Gasteiger partial charge < -0.3 is 9.47 Å². The molecule has 0 aliphatic carbocycles. The normalized spacial score (nSPS) is 13.2. The van der Waals surface area contributed by atoms with Crippen LogP contribution in [0.4, 0.5) is 0 Å². The zero-order valence-electron chi connectivity index (χ0n) is 14.0. The summed E-state index contributed by atoms with van der Waals surface area (Å²) in [5.41, 5.74) is 2.42. The molecule has 0 fully saturated rings. The highest BCUT2D eigenvalue weighted by molar-refractivity contribution is 6.15.